The van der Waals surface area contributed by atoms with Gasteiger partial charge in [0.1, 0.15) is 6.61 Å². The molecule has 0 aliphatic carbocycles. The number of carbonyl (C=O) groups excluding carboxylic acids is 5. The molecule has 0 N–H and O–H groups in total. The van der Waals surface area contributed by atoms with Gasteiger partial charge < -0.3 is 23.7 Å². The van der Waals surface area contributed by atoms with E-state index < -0.39 is 60.9 Å². The molecule has 0 saturated heterocycles. The number of esters is 5. The third kappa shape index (κ3) is 10.2. The van der Waals surface area contributed by atoms with Crippen molar-refractivity contribution in [3.63, 3.8) is 0 Å². The van der Waals surface area contributed by atoms with Crippen molar-refractivity contribution in [1.82, 2.24) is 0 Å². The van der Waals surface area contributed by atoms with Crippen molar-refractivity contribution < 1.29 is 47.7 Å². The number of thiocarbonyl (C=S) groups is 1. The largest absolute Gasteiger partial charge is 0.462 e. The fourth-order valence-corrected chi connectivity index (χ4v) is 2.24. The van der Waals surface area contributed by atoms with Gasteiger partial charge in [-0.15, -0.1) is 0 Å². The molecule has 0 aromatic rings. The zero-order chi connectivity index (χ0) is 21.1. The van der Waals surface area contributed by atoms with E-state index in [1.807, 2.05) is 0 Å². The van der Waals surface area contributed by atoms with Gasteiger partial charge in [-0.2, -0.15) is 0 Å². The minimum Gasteiger partial charge on any atom is -0.462 e. The van der Waals surface area contributed by atoms with Crippen LogP contribution in [-0.2, 0) is 47.7 Å². The first-order valence-electron chi connectivity index (χ1n) is 7.75. The highest BCUT2D eigenvalue weighted by Crippen LogP contribution is 2.19. The Labute approximate surface area is 161 Å². The summed E-state index contributed by atoms with van der Waals surface area (Å²) in [7, 11) is 0. The summed E-state index contributed by atoms with van der Waals surface area (Å²) in [6.07, 6.45) is -5.58. The van der Waals surface area contributed by atoms with Gasteiger partial charge >= 0.3 is 29.8 Å². The third-order valence-corrected chi connectivity index (χ3v) is 3.09. The summed E-state index contributed by atoms with van der Waals surface area (Å²) in [6, 6.07) is 0. The number of hydrogen-bond acceptors (Lipinski definition) is 11. The van der Waals surface area contributed by atoms with Crippen molar-refractivity contribution in [3.05, 3.63) is 0 Å². The van der Waals surface area contributed by atoms with Crippen LogP contribution in [0, 0.1) is 0 Å². The normalized spacial score (nSPS) is 14.6. The van der Waals surface area contributed by atoms with E-state index >= 15 is 0 Å². The van der Waals surface area contributed by atoms with Gasteiger partial charge in [0.2, 0.25) is 0 Å². The lowest BCUT2D eigenvalue weighted by atomic mass is 10.0. The molecular formula is C16H22O10S. The van der Waals surface area contributed by atoms with E-state index in [0.717, 1.165) is 40.0 Å². The van der Waals surface area contributed by atoms with Crippen LogP contribution in [0.4, 0.5) is 0 Å². The van der Waals surface area contributed by atoms with E-state index in [9.17, 15) is 24.0 Å². The maximum absolute atomic E-state index is 11.6. The fraction of sp³-hybridized carbons (Fsp3) is 0.625. The summed E-state index contributed by atoms with van der Waals surface area (Å²) in [5, 5.41) is 0.988. The maximum Gasteiger partial charge on any atom is 0.303 e. The predicted octanol–water partition coefficient (Wildman–Crippen LogP) is 0.276. The summed E-state index contributed by atoms with van der Waals surface area (Å²) in [4.78, 5) is 56.9. The standard InChI is InChI=1S/C16H22O10S/c1-8(17)22-6-13(23-9(2)18)15(25-11(4)20)16(26-12(5)21)14(7-27)24-10(3)19/h7,13-16H,6H2,1-5H3/t13-,14+,15-,16-/m1/s1. The minimum atomic E-state index is -1.47. The van der Waals surface area contributed by atoms with Gasteiger partial charge in [0.25, 0.3) is 0 Å². The second-order valence-electron chi connectivity index (χ2n) is 5.31. The predicted molar refractivity (Wildman–Crippen MR) is 92.5 cm³/mol. The van der Waals surface area contributed by atoms with Crippen molar-refractivity contribution in [2.75, 3.05) is 6.61 Å². The molecule has 0 aromatic carbocycles. The molecule has 27 heavy (non-hydrogen) atoms. The summed E-state index contributed by atoms with van der Waals surface area (Å²) in [5.41, 5.74) is 0. The van der Waals surface area contributed by atoms with Crippen LogP contribution in [0.3, 0.4) is 0 Å². The Morgan fingerprint density at radius 1 is 0.704 bits per heavy atom. The molecule has 0 rings (SSSR count). The van der Waals surface area contributed by atoms with Gasteiger partial charge in [0, 0.05) is 40.0 Å². The average molecular weight is 406 g/mol. The smallest absolute Gasteiger partial charge is 0.303 e. The van der Waals surface area contributed by atoms with Gasteiger partial charge in [0.15, 0.2) is 24.4 Å². The highest BCUT2D eigenvalue weighted by Gasteiger charge is 2.43. The molecule has 0 amide bonds. The Morgan fingerprint density at radius 3 is 1.52 bits per heavy atom. The zero-order valence-corrected chi connectivity index (χ0v) is 16.4. The third-order valence-electron chi connectivity index (χ3n) is 2.82. The molecule has 0 fully saturated rings. The van der Waals surface area contributed by atoms with Crippen LogP contribution in [0.1, 0.15) is 34.6 Å². The lowest BCUT2D eigenvalue weighted by molar-refractivity contribution is -0.197. The van der Waals surface area contributed by atoms with Crippen molar-refractivity contribution >= 4 is 47.4 Å². The lowest BCUT2D eigenvalue weighted by Crippen LogP contribution is -2.53. The van der Waals surface area contributed by atoms with Gasteiger partial charge in [0.05, 0.1) is 0 Å². The molecule has 0 aliphatic heterocycles. The van der Waals surface area contributed by atoms with Crippen LogP contribution >= 0.6 is 12.2 Å². The maximum atomic E-state index is 11.6. The molecule has 11 heteroatoms. The summed E-state index contributed by atoms with van der Waals surface area (Å²) in [5.74, 6) is -3.84. The molecule has 0 aromatic heterocycles. The summed E-state index contributed by atoms with van der Waals surface area (Å²) in [6.45, 7) is 4.92. The van der Waals surface area contributed by atoms with E-state index in [-0.39, 0.29) is 0 Å². The van der Waals surface area contributed by atoms with Crippen LogP contribution in [-0.4, -0.2) is 66.2 Å². The van der Waals surface area contributed by atoms with Gasteiger partial charge in [-0.05, 0) is 0 Å². The Kier molecular flexibility index (Phi) is 10.8. The van der Waals surface area contributed by atoms with E-state index in [0.29, 0.717) is 0 Å². The Morgan fingerprint density at radius 2 is 1.15 bits per heavy atom. The first kappa shape index (κ1) is 24.4. The second kappa shape index (κ2) is 11.9. The van der Waals surface area contributed by atoms with Gasteiger partial charge in [-0.3, -0.25) is 24.0 Å². The number of rotatable bonds is 10. The number of hydrogen-bond donors (Lipinski definition) is 0. The number of ether oxygens (including phenoxy) is 5. The first-order valence-corrected chi connectivity index (χ1v) is 8.22. The molecule has 0 unspecified atom stereocenters. The number of carbonyl (C=O) groups is 5. The lowest BCUT2D eigenvalue weighted by Gasteiger charge is -2.34. The Bertz CT molecular complexity index is 588. The molecule has 0 radical (unpaired) electrons. The molecular weight excluding hydrogens is 384 g/mol. The Hall–Kier alpha value is -2.56. The molecule has 0 bridgehead atoms. The first-order chi connectivity index (χ1) is 12.5. The van der Waals surface area contributed by atoms with E-state index in [1.54, 1.807) is 0 Å². The van der Waals surface area contributed by atoms with E-state index in [1.165, 1.54) is 0 Å². The second-order valence-corrected chi connectivity index (χ2v) is 5.58. The zero-order valence-electron chi connectivity index (χ0n) is 15.6. The Balaban J connectivity index is 6.00. The van der Waals surface area contributed by atoms with Crippen LogP contribution in [0.2, 0.25) is 0 Å². The van der Waals surface area contributed by atoms with Crippen molar-refractivity contribution in [1.29, 1.82) is 0 Å². The monoisotopic (exact) mass is 406 g/mol. The molecule has 152 valence electrons. The van der Waals surface area contributed by atoms with Crippen molar-refractivity contribution in [2.45, 2.75) is 59.0 Å². The van der Waals surface area contributed by atoms with E-state index in [4.69, 9.17) is 35.9 Å². The van der Waals surface area contributed by atoms with Crippen LogP contribution in [0.15, 0.2) is 0 Å². The topological polar surface area (TPSA) is 132 Å². The van der Waals surface area contributed by atoms with Crippen LogP contribution in [0.25, 0.3) is 0 Å². The molecule has 0 aliphatic rings. The molecule has 10 nitrogen and oxygen atoms in total. The molecule has 0 spiro atoms. The molecule has 0 heterocycles. The highest BCUT2D eigenvalue weighted by molar-refractivity contribution is 7.79. The quantitative estimate of drug-likeness (QED) is 0.281. The molecule has 4 atom stereocenters. The molecule has 0 saturated carbocycles. The minimum absolute atomic E-state index is 0.505. The van der Waals surface area contributed by atoms with Gasteiger partial charge in [-0.1, -0.05) is 12.2 Å². The van der Waals surface area contributed by atoms with Crippen molar-refractivity contribution in [2.24, 2.45) is 0 Å². The fourth-order valence-electron chi connectivity index (χ4n) is 2.03. The van der Waals surface area contributed by atoms with Crippen molar-refractivity contribution in [3.8, 4) is 0 Å². The summed E-state index contributed by atoms with van der Waals surface area (Å²) >= 11 is 4.81. The van der Waals surface area contributed by atoms with Crippen LogP contribution < -0.4 is 0 Å². The van der Waals surface area contributed by atoms with E-state index in [2.05, 4.69) is 0 Å². The highest BCUT2D eigenvalue weighted by atomic mass is 32.1. The van der Waals surface area contributed by atoms with Gasteiger partial charge in [-0.25, -0.2) is 0 Å². The van der Waals surface area contributed by atoms with Crippen LogP contribution in [0.5, 0.6) is 0 Å². The SMILES string of the molecule is CC(=O)OC[C@@H](OC(C)=O)[C@@H](OC(C)=O)[C@H](OC(C)=O)[C@H](C=S)OC(C)=O. The summed E-state index contributed by atoms with van der Waals surface area (Å²) < 4.78 is 25.1. The average Bonchev–Trinajstić information content (AvgIpc) is 2.51.